The third kappa shape index (κ3) is 3.93. The van der Waals surface area contributed by atoms with Crippen molar-refractivity contribution in [3.05, 3.63) is 0 Å². The molecule has 4 heteroatoms. The van der Waals surface area contributed by atoms with E-state index in [0.717, 1.165) is 0 Å². The minimum absolute atomic E-state index is 0.536. The molecule has 0 aromatic carbocycles. The van der Waals surface area contributed by atoms with Crippen LogP contribution in [0.5, 0.6) is 0 Å². The van der Waals surface area contributed by atoms with Crippen molar-refractivity contribution in [3.63, 3.8) is 0 Å². The molecule has 0 spiro atoms. The van der Waals surface area contributed by atoms with Gasteiger partial charge in [-0.1, -0.05) is 33.5 Å². The van der Waals surface area contributed by atoms with E-state index in [1.807, 2.05) is 0 Å². The molecule has 0 heterocycles. The average Bonchev–Trinajstić information content (AvgIpc) is 1.98. The van der Waals surface area contributed by atoms with Crippen molar-refractivity contribution in [2.24, 2.45) is 0 Å². The van der Waals surface area contributed by atoms with Crippen molar-refractivity contribution in [2.75, 3.05) is 14.2 Å². The molecule has 0 aliphatic carbocycles. The molecule has 0 aromatic rings. The maximum absolute atomic E-state index is 5.68. The van der Waals surface area contributed by atoms with Crippen LogP contribution in [0.1, 0.15) is 13.8 Å². The zero-order chi connectivity index (χ0) is 10.7. The molecular formula is C9H24O2Si2. The van der Waals surface area contributed by atoms with Crippen LogP contribution in [0, 0.1) is 0 Å². The Balaban J connectivity index is 4.58. The summed E-state index contributed by atoms with van der Waals surface area (Å²) in [6, 6.07) is 0. The highest BCUT2D eigenvalue weighted by atomic mass is 28.4. The molecule has 13 heavy (non-hydrogen) atoms. The predicted molar refractivity (Wildman–Crippen MR) is 63.0 cm³/mol. The number of rotatable bonds is 5. The highest BCUT2D eigenvalue weighted by Gasteiger charge is 2.43. The first kappa shape index (κ1) is 13.4. The molecular weight excluding hydrogens is 196 g/mol. The molecule has 0 saturated heterocycles. The van der Waals surface area contributed by atoms with Gasteiger partial charge in [0, 0.05) is 22.3 Å². The van der Waals surface area contributed by atoms with Crippen molar-refractivity contribution in [1.82, 2.24) is 0 Å². The van der Waals surface area contributed by atoms with Crippen LogP contribution in [0.2, 0.25) is 30.8 Å². The fourth-order valence-corrected chi connectivity index (χ4v) is 11.5. The third-order valence-corrected chi connectivity index (χ3v) is 11.7. The topological polar surface area (TPSA) is 18.5 Å². The van der Waals surface area contributed by atoms with Gasteiger partial charge in [-0.25, -0.2) is 0 Å². The quantitative estimate of drug-likeness (QED) is 0.663. The predicted octanol–water partition coefficient (Wildman–Crippen LogP) is 3.01. The Morgan fingerprint density at radius 2 is 1.38 bits per heavy atom. The normalized spacial score (nSPS) is 13.8. The number of hydrogen-bond donors (Lipinski definition) is 0. The van der Waals surface area contributed by atoms with Crippen molar-refractivity contribution < 1.29 is 8.85 Å². The molecule has 2 nitrogen and oxygen atoms in total. The highest BCUT2D eigenvalue weighted by molar-refractivity contribution is 6.91. The van der Waals surface area contributed by atoms with Crippen LogP contribution in [-0.4, -0.2) is 30.9 Å². The molecule has 0 fully saturated rings. The van der Waals surface area contributed by atoms with E-state index in [4.69, 9.17) is 8.85 Å². The third-order valence-electron chi connectivity index (χ3n) is 2.35. The summed E-state index contributed by atoms with van der Waals surface area (Å²) in [5.41, 5.74) is 1.72. The van der Waals surface area contributed by atoms with Crippen molar-refractivity contribution >= 4 is 16.6 Å². The zero-order valence-corrected chi connectivity index (χ0v) is 12.1. The lowest BCUT2D eigenvalue weighted by molar-refractivity contribution is 0.237. The molecule has 0 N–H and O–H groups in total. The van der Waals surface area contributed by atoms with Gasteiger partial charge >= 0.3 is 8.56 Å². The average molecular weight is 220 g/mol. The van der Waals surface area contributed by atoms with Crippen LogP contribution in [0.25, 0.3) is 0 Å². The van der Waals surface area contributed by atoms with Crippen LogP contribution < -0.4 is 0 Å². The standard InChI is InChI=1S/C9H24O2Si2/c1-9(2)13(10-3,11-4)8-12(5,6)7/h9H,8H2,1-7H3. The van der Waals surface area contributed by atoms with E-state index in [1.165, 1.54) is 5.67 Å². The largest absolute Gasteiger partial charge is 0.398 e. The summed E-state index contributed by atoms with van der Waals surface area (Å²) in [7, 11) is 0.623. The molecule has 0 unspecified atom stereocenters. The van der Waals surface area contributed by atoms with Gasteiger partial charge in [-0.05, 0) is 11.2 Å². The smallest absolute Gasteiger partial charge is 0.337 e. The molecule has 0 bridgehead atoms. The second-order valence-electron chi connectivity index (χ2n) is 5.11. The zero-order valence-electron chi connectivity index (χ0n) is 10.1. The molecule has 0 aliphatic rings. The second kappa shape index (κ2) is 4.73. The Bertz CT molecular complexity index is 148. The minimum Gasteiger partial charge on any atom is -0.398 e. The highest BCUT2D eigenvalue weighted by Crippen LogP contribution is 2.30. The fraction of sp³-hybridized carbons (Fsp3) is 1.00. The molecule has 0 radical (unpaired) electrons. The summed E-state index contributed by atoms with van der Waals surface area (Å²) in [4.78, 5) is 0. The van der Waals surface area contributed by atoms with Gasteiger partial charge in [-0.2, -0.15) is 0 Å². The van der Waals surface area contributed by atoms with E-state index in [1.54, 1.807) is 14.2 Å². The van der Waals surface area contributed by atoms with Crippen LogP contribution in [-0.2, 0) is 8.85 Å². The lowest BCUT2D eigenvalue weighted by atomic mass is 10.6. The van der Waals surface area contributed by atoms with Gasteiger partial charge in [0.1, 0.15) is 0 Å². The van der Waals surface area contributed by atoms with Crippen LogP contribution >= 0.6 is 0 Å². The molecule has 0 aromatic heterocycles. The Labute approximate surface area is 84.9 Å². The van der Waals surface area contributed by atoms with Gasteiger partial charge < -0.3 is 8.85 Å². The molecule has 0 saturated carbocycles. The van der Waals surface area contributed by atoms with Crippen LogP contribution in [0.4, 0.5) is 0 Å². The first-order chi connectivity index (χ1) is 5.77. The van der Waals surface area contributed by atoms with Crippen molar-refractivity contribution in [1.29, 1.82) is 0 Å². The second-order valence-corrected chi connectivity index (χ2v) is 15.2. The van der Waals surface area contributed by atoms with Crippen LogP contribution in [0.3, 0.4) is 0 Å². The van der Waals surface area contributed by atoms with Crippen molar-refractivity contribution in [3.8, 4) is 0 Å². The van der Waals surface area contributed by atoms with E-state index in [2.05, 4.69) is 33.5 Å². The van der Waals surface area contributed by atoms with E-state index < -0.39 is 16.6 Å². The van der Waals surface area contributed by atoms with Gasteiger partial charge in [-0.3, -0.25) is 0 Å². The molecule has 0 rings (SSSR count). The SMILES string of the molecule is CO[Si](C[Si](C)(C)C)(OC)C(C)C. The number of hydrogen-bond acceptors (Lipinski definition) is 2. The summed E-state index contributed by atoms with van der Waals surface area (Å²) in [5, 5.41) is 0. The fourth-order valence-electron chi connectivity index (χ4n) is 1.64. The van der Waals surface area contributed by atoms with Gasteiger partial charge in [0.2, 0.25) is 0 Å². The van der Waals surface area contributed by atoms with Crippen molar-refractivity contribution in [2.45, 2.75) is 44.7 Å². The minimum atomic E-state index is -1.89. The Kier molecular flexibility index (Phi) is 4.86. The van der Waals surface area contributed by atoms with Gasteiger partial charge in [0.15, 0.2) is 0 Å². The van der Waals surface area contributed by atoms with Gasteiger partial charge in [0.25, 0.3) is 0 Å². The Hall–Kier alpha value is 0.354. The van der Waals surface area contributed by atoms with Gasteiger partial charge in [0.05, 0.1) is 0 Å². The Morgan fingerprint density at radius 1 is 1.00 bits per heavy atom. The maximum atomic E-state index is 5.68. The van der Waals surface area contributed by atoms with Gasteiger partial charge in [-0.15, -0.1) is 0 Å². The summed E-state index contributed by atoms with van der Waals surface area (Å²) in [6.45, 7) is 11.5. The molecule has 0 amide bonds. The molecule has 0 aliphatic heterocycles. The molecule has 0 atom stereocenters. The summed E-state index contributed by atoms with van der Waals surface area (Å²) in [5.74, 6) is 0. The maximum Gasteiger partial charge on any atom is 0.337 e. The van der Waals surface area contributed by atoms with E-state index in [0.29, 0.717) is 5.54 Å². The van der Waals surface area contributed by atoms with E-state index in [9.17, 15) is 0 Å². The Morgan fingerprint density at radius 3 is 1.46 bits per heavy atom. The molecule has 80 valence electrons. The van der Waals surface area contributed by atoms with Crippen LogP contribution in [0.15, 0.2) is 0 Å². The first-order valence-corrected chi connectivity index (χ1v) is 10.7. The first-order valence-electron chi connectivity index (χ1n) is 4.88. The summed E-state index contributed by atoms with van der Waals surface area (Å²) < 4.78 is 11.4. The summed E-state index contributed by atoms with van der Waals surface area (Å²) in [6.07, 6.45) is 0. The summed E-state index contributed by atoms with van der Waals surface area (Å²) >= 11 is 0. The van der Waals surface area contributed by atoms with E-state index in [-0.39, 0.29) is 0 Å². The lowest BCUT2D eigenvalue weighted by Gasteiger charge is -2.35. The lowest BCUT2D eigenvalue weighted by Crippen LogP contribution is -2.49. The van der Waals surface area contributed by atoms with E-state index >= 15 is 0 Å². The monoisotopic (exact) mass is 220 g/mol.